The van der Waals surface area contributed by atoms with Crippen LogP contribution in [0.3, 0.4) is 0 Å². The summed E-state index contributed by atoms with van der Waals surface area (Å²) in [6.45, 7) is 3.20. The summed E-state index contributed by atoms with van der Waals surface area (Å²) in [7, 11) is 1.94. The van der Waals surface area contributed by atoms with Crippen LogP contribution in [0.15, 0.2) is 18.3 Å². The van der Waals surface area contributed by atoms with Gasteiger partial charge in [0.05, 0.1) is 23.6 Å². The molecule has 2 heterocycles. The Morgan fingerprint density at radius 1 is 1.40 bits per heavy atom. The molecule has 0 bridgehead atoms. The van der Waals surface area contributed by atoms with E-state index in [0.29, 0.717) is 6.54 Å². The van der Waals surface area contributed by atoms with Crippen molar-refractivity contribution in [1.82, 2.24) is 19.6 Å². The number of hydrogen-bond donors (Lipinski definition) is 1. The molecule has 80 valence electrons. The van der Waals surface area contributed by atoms with Crippen LogP contribution in [0.4, 0.5) is 0 Å². The molecule has 15 heavy (non-hydrogen) atoms. The lowest BCUT2D eigenvalue weighted by molar-refractivity contribution is 0.612. The number of aromatic nitrogens is 4. The summed E-state index contributed by atoms with van der Waals surface area (Å²) in [5.41, 5.74) is 8.57. The summed E-state index contributed by atoms with van der Waals surface area (Å²) in [5, 5.41) is 8.61. The van der Waals surface area contributed by atoms with Crippen molar-refractivity contribution in [1.29, 1.82) is 0 Å². The molecule has 0 unspecified atom stereocenters. The van der Waals surface area contributed by atoms with Crippen LogP contribution in [0.25, 0.3) is 0 Å². The van der Waals surface area contributed by atoms with Gasteiger partial charge in [-0.1, -0.05) is 0 Å². The van der Waals surface area contributed by atoms with E-state index in [-0.39, 0.29) is 0 Å². The predicted molar refractivity (Wildman–Crippen MR) is 57.2 cm³/mol. The maximum Gasteiger partial charge on any atom is 0.0828 e. The molecule has 0 fully saturated rings. The molecule has 2 aromatic heterocycles. The van der Waals surface area contributed by atoms with Crippen LogP contribution in [0.5, 0.6) is 0 Å². The van der Waals surface area contributed by atoms with Gasteiger partial charge in [-0.05, 0) is 19.1 Å². The highest BCUT2D eigenvalue weighted by Crippen LogP contribution is 2.04. The molecule has 0 atom stereocenters. The van der Waals surface area contributed by atoms with Crippen LogP contribution in [-0.2, 0) is 20.1 Å². The summed E-state index contributed by atoms with van der Waals surface area (Å²) in [6, 6.07) is 3.99. The Balaban J connectivity index is 2.17. The third-order valence-corrected chi connectivity index (χ3v) is 2.33. The molecule has 5 nitrogen and oxygen atoms in total. The van der Waals surface area contributed by atoms with Gasteiger partial charge in [0.2, 0.25) is 0 Å². The van der Waals surface area contributed by atoms with E-state index >= 15 is 0 Å². The zero-order chi connectivity index (χ0) is 10.8. The van der Waals surface area contributed by atoms with Gasteiger partial charge in [0, 0.05) is 19.8 Å². The second-order valence-electron chi connectivity index (χ2n) is 3.61. The molecule has 2 rings (SSSR count). The number of rotatable bonds is 3. The lowest BCUT2D eigenvalue weighted by atomic mass is 10.4. The summed E-state index contributed by atoms with van der Waals surface area (Å²) in [6.07, 6.45) is 1.94. The van der Waals surface area contributed by atoms with Gasteiger partial charge >= 0.3 is 0 Å². The van der Waals surface area contributed by atoms with E-state index in [1.54, 1.807) is 0 Å². The molecule has 2 N–H and O–H groups in total. The summed E-state index contributed by atoms with van der Waals surface area (Å²) in [5.74, 6) is 0. The average molecular weight is 205 g/mol. The minimum atomic E-state index is 0.484. The van der Waals surface area contributed by atoms with Crippen LogP contribution in [0.1, 0.15) is 17.1 Å². The van der Waals surface area contributed by atoms with E-state index in [0.717, 1.165) is 23.6 Å². The molecule has 5 heteroatoms. The highest BCUT2D eigenvalue weighted by molar-refractivity contribution is 5.09. The molecule has 2 aromatic rings. The van der Waals surface area contributed by atoms with Crippen LogP contribution in [0.2, 0.25) is 0 Å². The number of nitrogens with two attached hydrogens (primary N) is 1. The fourth-order valence-corrected chi connectivity index (χ4v) is 1.58. The van der Waals surface area contributed by atoms with Gasteiger partial charge in [-0.2, -0.15) is 10.2 Å². The van der Waals surface area contributed by atoms with Crippen LogP contribution in [0, 0.1) is 6.92 Å². The SMILES string of the molecule is Cc1cc(Cn2ccc(CN)n2)n(C)n1. The van der Waals surface area contributed by atoms with Crippen LogP contribution >= 0.6 is 0 Å². The summed E-state index contributed by atoms with van der Waals surface area (Å²) >= 11 is 0. The zero-order valence-electron chi connectivity index (χ0n) is 9.01. The molecule has 0 aliphatic carbocycles. The van der Waals surface area contributed by atoms with E-state index in [1.165, 1.54) is 0 Å². The van der Waals surface area contributed by atoms with Gasteiger partial charge < -0.3 is 5.73 Å². The van der Waals surface area contributed by atoms with E-state index in [1.807, 2.05) is 35.6 Å². The topological polar surface area (TPSA) is 61.7 Å². The van der Waals surface area contributed by atoms with Crippen molar-refractivity contribution >= 4 is 0 Å². The van der Waals surface area contributed by atoms with Crippen molar-refractivity contribution in [2.75, 3.05) is 0 Å². The molecule has 0 spiro atoms. The molecule has 0 aliphatic heterocycles. The van der Waals surface area contributed by atoms with Crippen molar-refractivity contribution in [3.8, 4) is 0 Å². The Labute approximate surface area is 88.5 Å². The third-order valence-electron chi connectivity index (χ3n) is 2.33. The fraction of sp³-hybridized carbons (Fsp3) is 0.400. The summed E-state index contributed by atoms with van der Waals surface area (Å²) < 4.78 is 3.75. The molecular formula is C10H15N5. The van der Waals surface area contributed by atoms with Crippen LogP contribution in [-0.4, -0.2) is 19.6 Å². The van der Waals surface area contributed by atoms with Crippen molar-refractivity contribution in [2.24, 2.45) is 12.8 Å². The fourth-order valence-electron chi connectivity index (χ4n) is 1.58. The minimum Gasteiger partial charge on any atom is -0.325 e. The smallest absolute Gasteiger partial charge is 0.0828 e. The first-order valence-electron chi connectivity index (χ1n) is 4.91. The second kappa shape index (κ2) is 3.86. The Morgan fingerprint density at radius 2 is 2.20 bits per heavy atom. The Hall–Kier alpha value is -1.62. The highest BCUT2D eigenvalue weighted by Gasteiger charge is 2.03. The molecule has 0 aliphatic rings. The van der Waals surface area contributed by atoms with Gasteiger partial charge in [-0.3, -0.25) is 9.36 Å². The van der Waals surface area contributed by atoms with Crippen molar-refractivity contribution < 1.29 is 0 Å². The minimum absolute atomic E-state index is 0.484. The van der Waals surface area contributed by atoms with Gasteiger partial charge in [0.15, 0.2) is 0 Å². The normalized spacial score (nSPS) is 10.9. The van der Waals surface area contributed by atoms with Crippen molar-refractivity contribution in [3.05, 3.63) is 35.4 Å². The van der Waals surface area contributed by atoms with E-state index in [9.17, 15) is 0 Å². The molecule has 0 saturated heterocycles. The number of aryl methyl sites for hydroxylation is 2. The van der Waals surface area contributed by atoms with Gasteiger partial charge in [0.25, 0.3) is 0 Å². The molecule has 0 saturated carbocycles. The monoisotopic (exact) mass is 205 g/mol. The lowest BCUT2D eigenvalue weighted by Gasteiger charge is -2.01. The van der Waals surface area contributed by atoms with E-state index < -0.39 is 0 Å². The predicted octanol–water partition coefficient (Wildman–Crippen LogP) is 0.432. The van der Waals surface area contributed by atoms with Crippen LogP contribution < -0.4 is 5.73 Å². The van der Waals surface area contributed by atoms with E-state index in [2.05, 4.69) is 16.3 Å². The number of nitrogens with zero attached hydrogens (tertiary/aromatic N) is 4. The quantitative estimate of drug-likeness (QED) is 0.790. The third kappa shape index (κ3) is 2.07. The Kier molecular flexibility index (Phi) is 2.55. The molecule has 0 aromatic carbocycles. The maximum absolute atomic E-state index is 5.50. The second-order valence-corrected chi connectivity index (χ2v) is 3.61. The largest absolute Gasteiger partial charge is 0.325 e. The standard InChI is InChI=1S/C10H15N5/c1-8-5-10(14(2)12-8)7-15-4-3-9(6-11)13-15/h3-5H,6-7,11H2,1-2H3. The average Bonchev–Trinajstić information content (AvgIpc) is 2.75. The van der Waals surface area contributed by atoms with Gasteiger partial charge in [0.1, 0.15) is 0 Å². The van der Waals surface area contributed by atoms with Gasteiger partial charge in [-0.25, -0.2) is 0 Å². The maximum atomic E-state index is 5.50. The Bertz CT molecular complexity index is 454. The van der Waals surface area contributed by atoms with E-state index in [4.69, 9.17) is 5.73 Å². The zero-order valence-corrected chi connectivity index (χ0v) is 9.01. The first-order valence-corrected chi connectivity index (χ1v) is 4.91. The molecular weight excluding hydrogens is 190 g/mol. The summed E-state index contributed by atoms with van der Waals surface area (Å²) in [4.78, 5) is 0. The first kappa shape index (κ1) is 9.92. The van der Waals surface area contributed by atoms with Crippen molar-refractivity contribution in [3.63, 3.8) is 0 Å². The lowest BCUT2D eigenvalue weighted by Crippen LogP contribution is -2.07. The molecule has 0 radical (unpaired) electrons. The Morgan fingerprint density at radius 3 is 2.73 bits per heavy atom. The number of hydrogen-bond acceptors (Lipinski definition) is 3. The van der Waals surface area contributed by atoms with Gasteiger partial charge in [-0.15, -0.1) is 0 Å². The molecule has 0 amide bonds. The first-order chi connectivity index (χ1) is 7.19. The highest BCUT2D eigenvalue weighted by atomic mass is 15.3. The van der Waals surface area contributed by atoms with Crippen molar-refractivity contribution in [2.45, 2.75) is 20.0 Å².